The zero-order chi connectivity index (χ0) is 4.41. The molecule has 6 heavy (non-hydrogen) atoms. The lowest BCUT2D eigenvalue weighted by Gasteiger charge is -1.68. The van der Waals surface area contributed by atoms with Crippen LogP contribution in [-0.4, -0.2) is 4.62 Å². The summed E-state index contributed by atoms with van der Waals surface area (Å²) in [5.74, 6) is 0. The third-order valence-electron chi connectivity index (χ3n) is 0.432. The van der Waals surface area contributed by atoms with E-state index in [4.69, 9.17) is 0 Å². The first-order chi connectivity index (χ1) is 2.89. The molecule has 0 amide bonds. The Morgan fingerprint density at radius 3 is 2.67 bits per heavy atom. The van der Waals surface area contributed by atoms with E-state index in [2.05, 4.69) is 26.5 Å². The largest absolute Gasteiger partial charge is 0.158 e. The van der Waals surface area contributed by atoms with E-state index < -0.39 is 0 Å². The van der Waals surface area contributed by atoms with E-state index >= 15 is 0 Å². The minimum atomic E-state index is 0.794. The van der Waals surface area contributed by atoms with Crippen LogP contribution in [-0.2, 0) is 0 Å². The molecule has 0 aromatic heterocycles. The first-order valence-corrected chi connectivity index (χ1v) is 2.29. The van der Waals surface area contributed by atoms with Gasteiger partial charge in [0.15, 0.2) is 0 Å². The van der Waals surface area contributed by atoms with Crippen LogP contribution in [0.5, 0.6) is 0 Å². The summed E-state index contributed by atoms with van der Waals surface area (Å²) in [5.41, 5.74) is 3.52. The highest BCUT2D eigenvalue weighted by Gasteiger charge is 1.89. The van der Waals surface area contributed by atoms with Crippen molar-refractivity contribution in [1.82, 2.24) is 5.43 Å². The van der Waals surface area contributed by atoms with Crippen molar-refractivity contribution in [2.24, 2.45) is 5.10 Å². The van der Waals surface area contributed by atoms with Crippen molar-refractivity contribution in [2.45, 2.75) is 0 Å². The number of allylic oxidation sites excluding steroid dienone is 1. The molecular weight excluding hydrogens is 144 g/mol. The van der Waals surface area contributed by atoms with Crippen molar-refractivity contribution in [1.29, 1.82) is 0 Å². The lowest BCUT2D eigenvalue weighted by molar-refractivity contribution is 0.976. The molecule has 0 atom stereocenters. The summed E-state index contributed by atoms with van der Waals surface area (Å²) >= 11 is 3.11. The summed E-state index contributed by atoms with van der Waals surface area (Å²) in [5, 5.41) is 3.58. The first kappa shape index (κ1) is 3.87. The molecular formula is C3H2BrN2. The average Bonchev–Trinajstić information content (AvgIpc) is 1.86. The van der Waals surface area contributed by atoms with Gasteiger partial charge in [-0.25, -0.2) is 0 Å². The molecule has 0 N–H and O–H groups in total. The lowest BCUT2D eigenvalue weighted by Crippen LogP contribution is -1.73. The maximum absolute atomic E-state index is 3.58. The van der Waals surface area contributed by atoms with E-state index in [1.54, 1.807) is 12.3 Å². The molecule has 0 spiro atoms. The fraction of sp³-hybridized carbons (Fsp3) is 0. The molecule has 31 valence electrons. The van der Waals surface area contributed by atoms with Crippen LogP contribution in [0.15, 0.2) is 17.4 Å². The van der Waals surface area contributed by atoms with Crippen molar-refractivity contribution in [3.05, 3.63) is 12.3 Å². The Bertz CT molecular complexity index is 103. The molecule has 1 heterocycles. The van der Waals surface area contributed by atoms with E-state index in [1.165, 1.54) is 0 Å². The van der Waals surface area contributed by atoms with Gasteiger partial charge in [-0.15, -0.1) is 5.10 Å². The minimum absolute atomic E-state index is 0.794. The van der Waals surface area contributed by atoms with Crippen LogP contribution in [0.3, 0.4) is 0 Å². The topological polar surface area (TPSA) is 26.5 Å². The zero-order valence-electron chi connectivity index (χ0n) is 2.93. The average molecular weight is 146 g/mol. The van der Waals surface area contributed by atoms with E-state index in [-0.39, 0.29) is 0 Å². The SMILES string of the molecule is BrC1=N[N]C=C1. The molecule has 0 saturated heterocycles. The van der Waals surface area contributed by atoms with Crippen molar-refractivity contribution in [2.75, 3.05) is 0 Å². The standard InChI is InChI=1S/C3H2BrN2/c4-3-1-2-5-6-3/h1-2H. The van der Waals surface area contributed by atoms with Crippen LogP contribution in [0.25, 0.3) is 0 Å². The number of hydrogen-bond donors (Lipinski definition) is 0. The molecule has 0 aromatic carbocycles. The van der Waals surface area contributed by atoms with Crippen LogP contribution < -0.4 is 5.43 Å². The maximum atomic E-state index is 3.58. The lowest BCUT2D eigenvalue weighted by atomic mass is 10.7. The van der Waals surface area contributed by atoms with Crippen LogP contribution in [0, 0.1) is 0 Å². The van der Waals surface area contributed by atoms with Gasteiger partial charge in [-0.2, -0.15) is 5.43 Å². The smallest absolute Gasteiger partial charge is 0.130 e. The Hall–Kier alpha value is -0.310. The normalized spacial score (nSPS) is 17.2. The van der Waals surface area contributed by atoms with Crippen molar-refractivity contribution < 1.29 is 0 Å². The number of rotatable bonds is 0. The van der Waals surface area contributed by atoms with Gasteiger partial charge in [0.05, 0.1) is 6.20 Å². The summed E-state index contributed by atoms with van der Waals surface area (Å²) in [4.78, 5) is 0. The molecule has 1 radical (unpaired) electrons. The summed E-state index contributed by atoms with van der Waals surface area (Å²) < 4.78 is 0.794. The molecule has 3 heteroatoms. The van der Waals surface area contributed by atoms with Gasteiger partial charge in [0.2, 0.25) is 0 Å². The summed E-state index contributed by atoms with van der Waals surface area (Å²) in [6.07, 6.45) is 3.41. The first-order valence-electron chi connectivity index (χ1n) is 1.49. The Morgan fingerprint density at radius 1 is 1.67 bits per heavy atom. The second-order valence-electron chi connectivity index (χ2n) is 0.854. The van der Waals surface area contributed by atoms with Crippen LogP contribution in [0.4, 0.5) is 0 Å². The van der Waals surface area contributed by atoms with E-state index in [0.29, 0.717) is 0 Å². The minimum Gasteiger partial charge on any atom is -0.158 e. The van der Waals surface area contributed by atoms with Crippen molar-refractivity contribution >= 4 is 20.6 Å². The molecule has 0 fully saturated rings. The third kappa shape index (κ3) is 0.597. The highest BCUT2D eigenvalue weighted by molar-refractivity contribution is 9.18. The Morgan fingerprint density at radius 2 is 2.50 bits per heavy atom. The molecule has 0 unspecified atom stereocenters. The molecule has 0 aliphatic carbocycles. The quantitative estimate of drug-likeness (QED) is 0.483. The number of halogens is 1. The van der Waals surface area contributed by atoms with Crippen molar-refractivity contribution in [3.8, 4) is 0 Å². The second kappa shape index (κ2) is 1.43. The second-order valence-corrected chi connectivity index (χ2v) is 1.67. The predicted molar refractivity (Wildman–Crippen MR) is 27.6 cm³/mol. The molecule has 2 nitrogen and oxygen atoms in total. The van der Waals surface area contributed by atoms with Gasteiger partial charge < -0.3 is 0 Å². The monoisotopic (exact) mass is 145 g/mol. The molecule has 1 rings (SSSR count). The van der Waals surface area contributed by atoms with Gasteiger partial charge in [-0.3, -0.25) is 0 Å². The molecule has 0 aromatic rings. The van der Waals surface area contributed by atoms with Crippen LogP contribution in [0.1, 0.15) is 0 Å². The summed E-state index contributed by atoms with van der Waals surface area (Å²) in [7, 11) is 0. The highest BCUT2D eigenvalue weighted by atomic mass is 79.9. The fourth-order valence-corrected chi connectivity index (χ4v) is 0.426. The van der Waals surface area contributed by atoms with Crippen molar-refractivity contribution in [3.63, 3.8) is 0 Å². The summed E-state index contributed by atoms with van der Waals surface area (Å²) in [6.45, 7) is 0. The van der Waals surface area contributed by atoms with Gasteiger partial charge in [0.25, 0.3) is 0 Å². The maximum Gasteiger partial charge on any atom is 0.130 e. The van der Waals surface area contributed by atoms with Gasteiger partial charge in [-0.1, -0.05) is 0 Å². The number of hydrogen-bond acceptors (Lipinski definition) is 1. The third-order valence-corrected chi connectivity index (χ3v) is 0.855. The van der Waals surface area contributed by atoms with E-state index in [9.17, 15) is 0 Å². The Labute approximate surface area is 44.1 Å². The highest BCUT2D eigenvalue weighted by Crippen LogP contribution is 1.95. The van der Waals surface area contributed by atoms with Gasteiger partial charge in [0.1, 0.15) is 4.62 Å². The van der Waals surface area contributed by atoms with Gasteiger partial charge in [-0.05, 0) is 22.0 Å². The van der Waals surface area contributed by atoms with Crippen LogP contribution >= 0.6 is 15.9 Å². The van der Waals surface area contributed by atoms with E-state index in [0.717, 1.165) is 4.62 Å². The predicted octanol–water partition coefficient (Wildman–Crippen LogP) is 0.827. The number of nitrogens with zero attached hydrogens (tertiary/aromatic N) is 2. The van der Waals surface area contributed by atoms with Gasteiger partial charge in [0, 0.05) is 0 Å². The zero-order valence-corrected chi connectivity index (χ0v) is 4.51. The van der Waals surface area contributed by atoms with Gasteiger partial charge >= 0.3 is 0 Å². The molecule has 0 bridgehead atoms. The molecule has 1 aliphatic heterocycles. The fourth-order valence-electron chi connectivity index (χ4n) is 0.217. The summed E-state index contributed by atoms with van der Waals surface area (Å²) in [6, 6.07) is 0. The van der Waals surface area contributed by atoms with E-state index in [1.807, 2.05) is 0 Å². The molecule has 0 saturated carbocycles. The Balaban J connectivity index is 2.68. The Kier molecular flexibility index (Phi) is 0.919. The molecule has 1 aliphatic rings. The van der Waals surface area contributed by atoms with Crippen LogP contribution in [0.2, 0.25) is 0 Å².